The molecule has 2 aromatic carbocycles. The number of nitrogens with one attached hydrogen (secondary N) is 3. The van der Waals surface area contributed by atoms with E-state index in [0.717, 1.165) is 12.1 Å². The van der Waals surface area contributed by atoms with Crippen LogP contribution in [-0.2, 0) is 16.1 Å². The second-order valence-electron chi connectivity index (χ2n) is 7.90. The Labute approximate surface area is 200 Å². The predicted molar refractivity (Wildman–Crippen MR) is 128 cm³/mol. The standard InChI is InChI=1S/C24H24N6O5/c1-2-30-24(35)18-7-4-3-6-17(18)21(28-30)23(34)27-26-19(31)14-25-22(33)15-9-11-16(12-10-15)29-13-5-8-20(29)32/h3-4,6-7,9-12H,2,5,8,13-14H2,1H3,(H,25,33)(H,26,31)(H,27,34). The molecule has 1 aliphatic rings. The average molecular weight is 476 g/mol. The van der Waals surface area contributed by atoms with Gasteiger partial charge in [0.15, 0.2) is 5.69 Å². The van der Waals surface area contributed by atoms with Crippen LogP contribution in [0.3, 0.4) is 0 Å². The zero-order valence-electron chi connectivity index (χ0n) is 19.0. The summed E-state index contributed by atoms with van der Waals surface area (Å²) in [6.07, 6.45) is 1.32. The summed E-state index contributed by atoms with van der Waals surface area (Å²) in [5.41, 5.74) is 5.22. The van der Waals surface area contributed by atoms with Crippen LogP contribution < -0.4 is 26.6 Å². The minimum atomic E-state index is -0.699. The van der Waals surface area contributed by atoms with E-state index in [-0.39, 0.29) is 30.2 Å². The fraction of sp³-hybridized carbons (Fsp3) is 0.250. The van der Waals surface area contributed by atoms with Crippen molar-refractivity contribution in [3.63, 3.8) is 0 Å². The topological polar surface area (TPSA) is 142 Å². The van der Waals surface area contributed by atoms with Gasteiger partial charge in [0.05, 0.1) is 11.9 Å². The molecule has 180 valence electrons. The van der Waals surface area contributed by atoms with Gasteiger partial charge in [-0.25, -0.2) is 4.68 Å². The van der Waals surface area contributed by atoms with Crippen molar-refractivity contribution in [3.05, 3.63) is 70.1 Å². The van der Waals surface area contributed by atoms with Gasteiger partial charge >= 0.3 is 0 Å². The van der Waals surface area contributed by atoms with Gasteiger partial charge in [0.1, 0.15) is 0 Å². The number of carbonyl (C=O) groups excluding carboxylic acids is 4. The molecule has 4 amide bonds. The lowest BCUT2D eigenvalue weighted by atomic mass is 10.1. The average Bonchev–Trinajstić information content (AvgIpc) is 3.32. The van der Waals surface area contributed by atoms with Crippen molar-refractivity contribution in [2.24, 2.45) is 0 Å². The summed E-state index contributed by atoms with van der Waals surface area (Å²) in [6, 6.07) is 13.1. The maximum absolute atomic E-state index is 12.6. The fourth-order valence-corrected chi connectivity index (χ4v) is 3.82. The number of anilines is 1. The van der Waals surface area contributed by atoms with Crippen LogP contribution in [0.5, 0.6) is 0 Å². The third kappa shape index (κ3) is 5.03. The number of hydrogen-bond acceptors (Lipinski definition) is 6. The van der Waals surface area contributed by atoms with E-state index in [1.807, 2.05) is 0 Å². The Morgan fingerprint density at radius 3 is 2.31 bits per heavy atom. The molecule has 35 heavy (non-hydrogen) atoms. The van der Waals surface area contributed by atoms with Gasteiger partial charge in [-0.3, -0.25) is 34.8 Å². The second-order valence-corrected chi connectivity index (χ2v) is 7.90. The predicted octanol–water partition coefficient (Wildman–Crippen LogP) is 0.734. The summed E-state index contributed by atoms with van der Waals surface area (Å²) in [7, 11) is 0. The van der Waals surface area contributed by atoms with Crippen molar-refractivity contribution in [1.82, 2.24) is 25.9 Å². The summed E-state index contributed by atoms with van der Waals surface area (Å²) in [5, 5.41) is 7.27. The molecule has 0 saturated carbocycles. The van der Waals surface area contributed by atoms with Crippen LogP contribution in [0.15, 0.2) is 53.3 Å². The summed E-state index contributed by atoms with van der Waals surface area (Å²) < 4.78 is 1.17. The smallest absolute Gasteiger partial charge is 0.290 e. The van der Waals surface area contributed by atoms with E-state index in [9.17, 15) is 24.0 Å². The van der Waals surface area contributed by atoms with E-state index >= 15 is 0 Å². The second kappa shape index (κ2) is 10.2. The van der Waals surface area contributed by atoms with E-state index in [1.165, 1.54) is 4.68 Å². The Morgan fingerprint density at radius 2 is 1.66 bits per heavy atom. The van der Waals surface area contributed by atoms with Gasteiger partial charge < -0.3 is 10.2 Å². The molecular weight excluding hydrogens is 452 g/mol. The third-order valence-electron chi connectivity index (χ3n) is 5.62. The lowest BCUT2D eigenvalue weighted by molar-refractivity contribution is -0.121. The third-order valence-corrected chi connectivity index (χ3v) is 5.62. The summed E-state index contributed by atoms with van der Waals surface area (Å²) >= 11 is 0. The first-order valence-corrected chi connectivity index (χ1v) is 11.2. The quantitative estimate of drug-likeness (QED) is 0.448. The Kier molecular flexibility index (Phi) is 6.86. The molecule has 1 aliphatic heterocycles. The number of rotatable bonds is 6. The maximum atomic E-state index is 12.6. The number of aromatic nitrogens is 2. The first-order chi connectivity index (χ1) is 16.9. The molecular formula is C24H24N6O5. The number of hydrogen-bond donors (Lipinski definition) is 3. The molecule has 2 heterocycles. The summed E-state index contributed by atoms with van der Waals surface area (Å²) in [6.45, 7) is 2.28. The molecule has 0 spiro atoms. The molecule has 0 bridgehead atoms. The van der Waals surface area contributed by atoms with E-state index in [0.29, 0.717) is 29.3 Å². The van der Waals surface area contributed by atoms with Crippen LogP contribution in [0.4, 0.5) is 5.69 Å². The largest absolute Gasteiger partial charge is 0.343 e. The summed E-state index contributed by atoms with van der Waals surface area (Å²) in [5.74, 6) is -1.78. The number of amides is 4. The Bertz CT molecular complexity index is 1370. The first kappa shape index (κ1) is 23.6. The Hall–Kier alpha value is -4.54. The van der Waals surface area contributed by atoms with Crippen molar-refractivity contribution in [1.29, 1.82) is 0 Å². The monoisotopic (exact) mass is 476 g/mol. The highest BCUT2D eigenvalue weighted by Crippen LogP contribution is 2.21. The van der Waals surface area contributed by atoms with Gasteiger partial charge in [0.2, 0.25) is 5.91 Å². The highest BCUT2D eigenvalue weighted by Gasteiger charge is 2.22. The number of aryl methyl sites for hydroxylation is 1. The molecule has 0 aliphatic carbocycles. The Balaban J connectivity index is 1.33. The normalized spacial score (nSPS) is 13.1. The molecule has 3 N–H and O–H groups in total. The fourth-order valence-electron chi connectivity index (χ4n) is 3.82. The molecule has 0 radical (unpaired) electrons. The molecule has 0 unspecified atom stereocenters. The lowest BCUT2D eigenvalue weighted by Gasteiger charge is -2.15. The number of nitrogens with zero attached hydrogens (tertiary/aromatic N) is 3. The van der Waals surface area contributed by atoms with Gasteiger partial charge in [0.25, 0.3) is 23.3 Å². The minimum absolute atomic E-state index is 0.0111. The van der Waals surface area contributed by atoms with Gasteiger partial charge in [-0.1, -0.05) is 18.2 Å². The van der Waals surface area contributed by atoms with Crippen LogP contribution in [0.2, 0.25) is 0 Å². The van der Waals surface area contributed by atoms with Crippen molar-refractivity contribution in [3.8, 4) is 0 Å². The number of hydrazine groups is 1. The van der Waals surface area contributed by atoms with Crippen molar-refractivity contribution >= 4 is 40.1 Å². The molecule has 11 heteroatoms. The molecule has 1 aromatic heterocycles. The SMILES string of the molecule is CCn1nc(C(=O)NNC(=O)CNC(=O)c2ccc(N3CCCC3=O)cc2)c2ccccc2c1=O. The zero-order valence-corrected chi connectivity index (χ0v) is 19.0. The molecule has 1 saturated heterocycles. The Morgan fingerprint density at radius 1 is 0.943 bits per heavy atom. The summed E-state index contributed by atoms with van der Waals surface area (Å²) in [4.78, 5) is 63.1. The van der Waals surface area contributed by atoms with E-state index in [2.05, 4.69) is 21.3 Å². The number of carbonyl (C=O) groups is 4. The van der Waals surface area contributed by atoms with Gasteiger partial charge in [-0.2, -0.15) is 5.10 Å². The van der Waals surface area contributed by atoms with Crippen LogP contribution >= 0.6 is 0 Å². The van der Waals surface area contributed by atoms with Crippen molar-refractivity contribution < 1.29 is 19.2 Å². The molecule has 11 nitrogen and oxygen atoms in total. The van der Waals surface area contributed by atoms with Crippen molar-refractivity contribution in [2.75, 3.05) is 18.0 Å². The van der Waals surface area contributed by atoms with Crippen LogP contribution in [0.1, 0.15) is 40.6 Å². The van der Waals surface area contributed by atoms with E-state index < -0.39 is 17.7 Å². The first-order valence-electron chi connectivity index (χ1n) is 11.2. The van der Waals surface area contributed by atoms with Crippen LogP contribution in [0.25, 0.3) is 10.8 Å². The molecule has 1 fully saturated rings. The highest BCUT2D eigenvalue weighted by atomic mass is 16.2. The zero-order chi connectivity index (χ0) is 24.9. The lowest BCUT2D eigenvalue weighted by Crippen LogP contribution is -2.47. The van der Waals surface area contributed by atoms with Gasteiger partial charge in [0, 0.05) is 36.1 Å². The molecule has 3 aromatic rings. The number of fused-ring (bicyclic) bond motifs is 1. The molecule has 4 rings (SSSR count). The van der Waals surface area contributed by atoms with Gasteiger partial charge in [-0.05, 0) is 43.7 Å². The minimum Gasteiger partial charge on any atom is -0.343 e. The van der Waals surface area contributed by atoms with E-state index in [4.69, 9.17) is 0 Å². The molecule has 0 atom stereocenters. The van der Waals surface area contributed by atoms with Crippen LogP contribution in [0, 0.1) is 0 Å². The number of benzene rings is 2. The van der Waals surface area contributed by atoms with Gasteiger partial charge in [-0.15, -0.1) is 0 Å². The van der Waals surface area contributed by atoms with Crippen molar-refractivity contribution in [2.45, 2.75) is 26.3 Å². The maximum Gasteiger partial charge on any atom is 0.290 e. The van der Waals surface area contributed by atoms with Crippen LogP contribution in [-0.4, -0.2) is 46.5 Å². The highest BCUT2D eigenvalue weighted by molar-refractivity contribution is 6.05. The van der Waals surface area contributed by atoms with E-state index in [1.54, 1.807) is 60.4 Å².